The first kappa shape index (κ1) is 19.0. The maximum atomic E-state index is 12.8. The van der Waals surface area contributed by atoms with Crippen LogP contribution in [-0.2, 0) is 4.79 Å². The van der Waals surface area contributed by atoms with Gasteiger partial charge in [-0.1, -0.05) is 53.2 Å². The van der Waals surface area contributed by atoms with Gasteiger partial charge in [0.15, 0.2) is 15.8 Å². The van der Waals surface area contributed by atoms with Gasteiger partial charge in [-0.15, -0.1) is 0 Å². The van der Waals surface area contributed by atoms with E-state index in [1.54, 1.807) is 36.4 Å². The summed E-state index contributed by atoms with van der Waals surface area (Å²) in [5, 5.41) is 10.6. The van der Waals surface area contributed by atoms with Crippen molar-refractivity contribution in [2.24, 2.45) is 0 Å². The third-order valence-electron chi connectivity index (χ3n) is 3.48. The lowest BCUT2D eigenvalue weighted by molar-refractivity contribution is -0.113. The van der Waals surface area contributed by atoms with Crippen molar-refractivity contribution in [2.45, 2.75) is 6.92 Å². The summed E-state index contributed by atoms with van der Waals surface area (Å²) >= 11 is 18.6. The van der Waals surface area contributed by atoms with E-state index in [4.69, 9.17) is 40.2 Å². The van der Waals surface area contributed by atoms with Crippen LogP contribution < -0.4 is 9.64 Å². The maximum Gasteiger partial charge on any atom is 0.270 e. The van der Waals surface area contributed by atoms with E-state index in [9.17, 15) is 9.90 Å². The molecule has 1 aliphatic heterocycles. The number of halogens is 2. The SMILES string of the molecule is CCOc1cc(C=C2SC(=S)N(c3cc(Cl)cc(Cl)c3)C2=O)ccc1O. The van der Waals surface area contributed by atoms with E-state index in [-0.39, 0.29) is 11.7 Å². The van der Waals surface area contributed by atoms with Crippen LogP contribution >= 0.6 is 47.2 Å². The first-order chi connectivity index (χ1) is 12.4. The van der Waals surface area contributed by atoms with Gasteiger partial charge in [-0.05, 0) is 48.9 Å². The molecule has 134 valence electrons. The Morgan fingerprint density at radius 2 is 1.92 bits per heavy atom. The van der Waals surface area contributed by atoms with Crippen molar-refractivity contribution < 1.29 is 14.6 Å². The highest BCUT2D eigenvalue weighted by molar-refractivity contribution is 8.27. The van der Waals surface area contributed by atoms with Crippen molar-refractivity contribution in [3.05, 3.63) is 56.9 Å². The van der Waals surface area contributed by atoms with Crippen LogP contribution in [0.2, 0.25) is 10.0 Å². The fourth-order valence-corrected chi connectivity index (χ4v) is 4.22. The third kappa shape index (κ3) is 3.99. The first-order valence-electron chi connectivity index (χ1n) is 7.59. The molecule has 1 N–H and O–H groups in total. The Bertz CT molecular complexity index is 910. The zero-order valence-electron chi connectivity index (χ0n) is 13.5. The van der Waals surface area contributed by atoms with E-state index in [0.29, 0.717) is 37.3 Å². The number of rotatable bonds is 4. The average molecular weight is 426 g/mol. The van der Waals surface area contributed by atoms with Gasteiger partial charge in [-0.25, -0.2) is 0 Å². The lowest BCUT2D eigenvalue weighted by Crippen LogP contribution is -2.27. The third-order valence-corrected chi connectivity index (χ3v) is 5.22. The van der Waals surface area contributed by atoms with Gasteiger partial charge >= 0.3 is 0 Å². The molecular formula is C18H13Cl2NO3S2. The molecule has 0 bridgehead atoms. The Morgan fingerprint density at radius 1 is 1.23 bits per heavy atom. The molecule has 0 radical (unpaired) electrons. The number of nitrogens with zero attached hydrogens (tertiary/aromatic N) is 1. The maximum absolute atomic E-state index is 12.8. The minimum Gasteiger partial charge on any atom is -0.504 e. The summed E-state index contributed by atoms with van der Waals surface area (Å²) in [7, 11) is 0. The number of carbonyl (C=O) groups is 1. The average Bonchev–Trinajstić information content (AvgIpc) is 2.84. The first-order valence-corrected chi connectivity index (χ1v) is 9.57. The summed E-state index contributed by atoms with van der Waals surface area (Å²) in [5.41, 5.74) is 1.24. The van der Waals surface area contributed by atoms with E-state index in [0.717, 1.165) is 5.56 Å². The Hall–Kier alpha value is -1.73. The van der Waals surface area contributed by atoms with Gasteiger partial charge in [0.05, 0.1) is 17.2 Å². The van der Waals surface area contributed by atoms with Crippen molar-refractivity contribution in [1.29, 1.82) is 0 Å². The monoisotopic (exact) mass is 425 g/mol. The summed E-state index contributed by atoms with van der Waals surface area (Å²) in [6, 6.07) is 9.74. The highest BCUT2D eigenvalue weighted by atomic mass is 35.5. The molecule has 3 rings (SSSR count). The molecule has 0 unspecified atom stereocenters. The van der Waals surface area contributed by atoms with Crippen LogP contribution in [0.25, 0.3) is 6.08 Å². The summed E-state index contributed by atoms with van der Waals surface area (Å²) in [6.07, 6.45) is 1.70. The molecule has 26 heavy (non-hydrogen) atoms. The number of carbonyl (C=O) groups excluding carboxylic acids is 1. The van der Waals surface area contributed by atoms with Gasteiger partial charge < -0.3 is 9.84 Å². The highest BCUT2D eigenvalue weighted by Crippen LogP contribution is 2.38. The number of benzene rings is 2. The number of hydrogen-bond donors (Lipinski definition) is 1. The predicted molar refractivity (Wildman–Crippen MR) is 111 cm³/mol. The standard InChI is InChI=1S/C18H13Cl2NO3S2/c1-2-24-15-5-10(3-4-14(15)22)6-16-17(23)21(18(25)26-16)13-8-11(19)7-12(20)9-13/h3-9,22H,2H2,1H3. The van der Waals surface area contributed by atoms with Gasteiger partial charge in [0.1, 0.15) is 0 Å². The lowest BCUT2D eigenvalue weighted by atomic mass is 10.2. The zero-order valence-corrected chi connectivity index (χ0v) is 16.7. The Labute approximate surface area is 170 Å². The second kappa shape index (κ2) is 7.88. The van der Waals surface area contributed by atoms with E-state index < -0.39 is 0 Å². The molecular weight excluding hydrogens is 413 g/mol. The van der Waals surface area contributed by atoms with Crippen LogP contribution in [0.3, 0.4) is 0 Å². The minimum atomic E-state index is -0.260. The van der Waals surface area contributed by atoms with Crippen LogP contribution in [-0.4, -0.2) is 21.9 Å². The lowest BCUT2D eigenvalue weighted by Gasteiger charge is -2.15. The smallest absolute Gasteiger partial charge is 0.270 e. The Morgan fingerprint density at radius 3 is 2.58 bits per heavy atom. The quantitative estimate of drug-likeness (QED) is 0.517. The fraction of sp³-hybridized carbons (Fsp3) is 0.111. The number of phenols is 1. The second-order valence-electron chi connectivity index (χ2n) is 5.30. The normalized spacial score (nSPS) is 15.8. The Balaban J connectivity index is 1.93. The number of anilines is 1. The van der Waals surface area contributed by atoms with E-state index >= 15 is 0 Å². The molecule has 0 atom stereocenters. The minimum absolute atomic E-state index is 0.0464. The van der Waals surface area contributed by atoms with Crippen molar-refractivity contribution in [2.75, 3.05) is 11.5 Å². The zero-order chi connectivity index (χ0) is 18.8. The van der Waals surface area contributed by atoms with Crippen molar-refractivity contribution in [1.82, 2.24) is 0 Å². The van der Waals surface area contributed by atoms with Gasteiger partial charge in [0, 0.05) is 10.0 Å². The molecule has 1 amide bonds. The van der Waals surface area contributed by atoms with Crippen LogP contribution in [0.4, 0.5) is 5.69 Å². The number of ether oxygens (including phenoxy) is 1. The number of amides is 1. The topological polar surface area (TPSA) is 49.8 Å². The molecule has 8 heteroatoms. The molecule has 0 aromatic heterocycles. The van der Waals surface area contributed by atoms with Crippen molar-refractivity contribution in [3.63, 3.8) is 0 Å². The van der Waals surface area contributed by atoms with E-state index in [1.165, 1.54) is 22.7 Å². The number of phenolic OH excluding ortho intramolecular Hbond substituents is 1. The number of thiocarbonyl (C=S) groups is 1. The largest absolute Gasteiger partial charge is 0.504 e. The van der Waals surface area contributed by atoms with Gasteiger partial charge in [0.25, 0.3) is 5.91 Å². The molecule has 0 saturated carbocycles. The summed E-state index contributed by atoms with van der Waals surface area (Å²) in [4.78, 5) is 14.7. The highest BCUT2D eigenvalue weighted by Gasteiger charge is 2.33. The Kier molecular flexibility index (Phi) is 5.77. The fourth-order valence-electron chi connectivity index (χ4n) is 2.40. The molecule has 2 aromatic carbocycles. The summed E-state index contributed by atoms with van der Waals surface area (Å²) in [6.45, 7) is 2.25. The number of aromatic hydroxyl groups is 1. The van der Waals surface area contributed by atoms with E-state index in [1.807, 2.05) is 6.92 Å². The molecule has 4 nitrogen and oxygen atoms in total. The van der Waals surface area contributed by atoms with Gasteiger partial charge in [0.2, 0.25) is 0 Å². The van der Waals surface area contributed by atoms with Crippen LogP contribution in [0.1, 0.15) is 12.5 Å². The number of hydrogen-bond acceptors (Lipinski definition) is 5. The molecule has 2 aromatic rings. The summed E-state index contributed by atoms with van der Waals surface area (Å²) in [5.74, 6) is 0.146. The molecule has 0 aliphatic carbocycles. The molecule has 0 spiro atoms. The van der Waals surface area contributed by atoms with E-state index in [2.05, 4.69) is 0 Å². The summed E-state index contributed by atoms with van der Waals surface area (Å²) < 4.78 is 5.76. The van der Waals surface area contributed by atoms with Crippen LogP contribution in [0.5, 0.6) is 11.5 Å². The van der Waals surface area contributed by atoms with Crippen molar-refractivity contribution >= 4 is 69.2 Å². The molecule has 1 heterocycles. The second-order valence-corrected chi connectivity index (χ2v) is 7.85. The van der Waals surface area contributed by atoms with Crippen LogP contribution in [0, 0.1) is 0 Å². The van der Waals surface area contributed by atoms with Gasteiger partial charge in [-0.3, -0.25) is 9.69 Å². The van der Waals surface area contributed by atoms with Crippen molar-refractivity contribution in [3.8, 4) is 11.5 Å². The molecule has 1 fully saturated rings. The molecule has 1 aliphatic rings. The number of thioether (sulfide) groups is 1. The molecule has 1 saturated heterocycles. The van der Waals surface area contributed by atoms with Gasteiger partial charge in [-0.2, -0.15) is 0 Å². The predicted octanol–water partition coefficient (Wildman–Crippen LogP) is 5.50. The van der Waals surface area contributed by atoms with Crippen LogP contribution in [0.15, 0.2) is 41.3 Å².